The Morgan fingerprint density at radius 2 is 2.00 bits per heavy atom. The number of aliphatic carboxylic acids is 1. The highest BCUT2D eigenvalue weighted by Crippen LogP contribution is 2.24. The van der Waals surface area contributed by atoms with Crippen LogP contribution >= 0.6 is 0 Å². The van der Waals surface area contributed by atoms with Gasteiger partial charge in [-0.3, -0.25) is 0 Å². The number of hydrogen-bond acceptors (Lipinski definition) is 4. The maximum absolute atomic E-state index is 12.3. The van der Waals surface area contributed by atoms with Gasteiger partial charge >= 0.3 is 12.0 Å². The number of urea groups is 1. The van der Waals surface area contributed by atoms with Crippen molar-refractivity contribution in [3.8, 4) is 0 Å². The average molecular weight is 272 g/mol. The van der Waals surface area contributed by atoms with Crippen LogP contribution in [0.3, 0.4) is 0 Å². The highest BCUT2D eigenvalue weighted by Gasteiger charge is 2.41. The number of β-amino-alcohol motifs (C(OH)–C–C–N with tert-alkyl or cyclic N) is 1. The Morgan fingerprint density at radius 3 is 2.63 bits per heavy atom. The summed E-state index contributed by atoms with van der Waals surface area (Å²) in [5.41, 5.74) is 0. The molecule has 2 heterocycles. The molecule has 7 nitrogen and oxygen atoms in total. The summed E-state index contributed by atoms with van der Waals surface area (Å²) in [5.74, 6) is -0.791. The molecule has 7 heteroatoms. The summed E-state index contributed by atoms with van der Waals surface area (Å²) in [4.78, 5) is 26.2. The quantitative estimate of drug-likeness (QED) is 0.632. The predicted molar refractivity (Wildman–Crippen MR) is 65.5 cm³/mol. The zero-order valence-corrected chi connectivity index (χ0v) is 10.7. The molecule has 0 radical (unpaired) electrons. The van der Waals surface area contributed by atoms with Gasteiger partial charge in [-0.05, 0) is 18.8 Å². The molecule has 0 spiro atoms. The molecule has 0 aromatic heterocycles. The predicted octanol–water partition coefficient (Wildman–Crippen LogP) is -0.669. The molecule has 2 rings (SSSR count). The lowest BCUT2D eigenvalue weighted by Gasteiger charge is -2.27. The van der Waals surface area contributed by atoms with Crippen molar-refractivity contribution in [3.63, 3.8) is 0 Å². The highest BCUT2D eigenvalue weighted by molar-refractivity contribution is 5.83. The van der Waals surface area contributed by atoms with E-state index in [2.05, 4.69) is 0 Å². The first-order valence-electron chi connectivity index (χ1n) is 6.60. The number of carbonyl (C=O) groups is 2. The monoisotopic (exact) mass is 272 g/mol. The third-order valence-corrected chi connectivity index (χ3v) is 3.90. The van der Waals surface area contributed by atoms with E-state index < -0.39 is 18.1 Å². The number of nitrogens with zero attached hydrogens (tertiary/aromatic N) is 2. The van der Waals surface area contributed by atoms with E-state index >= 15 is 0 Å². The van der Waals surface area contributed by atoms with Crippen LogP contribution in [0.15, 0.2) is 0 Å². The summed E-state index contributed by atoms with van der Waals surface area (Å²) in [7, 11) is 0. The minimum atomic E-state index is -1.07. The van der Waals surface area contributed by atoms with E-state index in [9.17, 15) is 14.7 Å². The smallest absolute Gasteiger partial charge is 0.326 e. The van der Waals surface area contributed by atoms with E-state index in [1.807, 2.05) is 0 Å². The van der Waals surface area contributed by atoms with Crippen molar-refractivity contribution < 1.29 is 24.9 Å². The number of amides is 2. The Kier molecular flexibility index (Phi) is 4.26. The zero-order valence-electron chi connectivity index (χ0n) is 10.7. The second kappa shape index (κ2) is 5.75. The molecule has 3 N–H and O–H groups in total. The Balaban J connectivity index is 1.97. The Hall–Kier alpha value is -1.34. The Morgan fingerprint density at radius 1 is 1.26 bits per heavy atom. The fourth-order valence-corrected chi connectivity index (χ4v) is 2.87. The maximum atomic E-state index is 12.3. The van der Waals surface area contributed by atoms with E-state index in [0.29, 0.717) is 19.5 Å². The van der Waals surface area contributed by atoms with Gasteiger partial charge in [-0.2, -0.15) is 0 Å². The molecule has 0 bridgehead atoms. The van der Waals surface area contributed by atoms with Crippen molar-refractivity contribution in [1.29, 1.82) is 0 Å². The van der Waals surface area contributed by atoms with E-state index in [4.69, 9.17) is 10.2 Å². The van der Waals surface area contributed by atoms with Crippen molar-refractivity contribution >= 4 is 12.0 Å². The summed E-state index contributed by atoms with van der Waals surface area (Å²) in [5, 5.41) is 27.5. The molecular weight excluding hydrogens is 252 g/mol. The average Bonchev–Trinajstić information content (AvgIpc) is 2.95. The molecule has 3 unspecified atom stereocenters. The van der Waals surface area contributed by atoms with Crippen LogP contribution in [0.2, 0.25) is 0 Å². The topological polar surface area (TPSA) is 101 Å². The Bertz CT molecular complexity index is 362. The van der Waals surface area contributed by atoms with Crippen molar-refractivity contribution in [3.05, 3.63) is 0 Å². The van der Waals surface area contributed by atoms with Crippen molar-refractivity contribution in [1.82, 2.24) is 9.80 Å². The highest BCUT2D eigenvalue weighted by atomic mass is 16.4. The van der Waals surface area contributed by atoms with E-state index in [1.54, 1.807) is 4.90 Å². The summed E-state index contributed by atoms with van der Waals surface area (Å²) in [6.07, 6.45) is 0.824. The standard InChI is InChI=1S/C12H20N2O5/c15-4-2-8-1-3-13(6-8)12(19)14-7-9(16)5-10(14)11(17)18/h8-10,15-16H,1-7H2,(H,17,18). The molecule has 0 aliphatic carbocycles. The number of rotatable bonds is 3. The minimum absolute atomic E-state index is 0.0803. The lowest BCUT2D eigenvalue weighted by Crippen LogP contribution is -2.47. The molecule has 0 aromatic rings. The van der Waals surface area contributed by atoms with Gasteiger partial charge in [0.05, 0.1) is 6.10 Å². The minimum Gasteiger partial charge on any atom is -0.480 e. The van der Waals surface area contributed by atoms with Gasteiger partial charge in [0.25, 0.3) is 0 Å². The van der Waals surface area contributed by atoms with Crippen molar-refractivity contribution in [2.24, 2.45) is 5.92 Å². The van der Waals surface area contributed by atoms with Gasteiger partial charge in [-0.25, -0.2) is 9.59 Å². The molecule has 108 valence electrons. The van der Waals surface area contributed by atoms with Crippen LogP contribution in [0.4, 0.5) is 4.79 Å². The summed E-state index contributed by atoms with van der Waals surface area (Å²) in [6.45, 7) is 1.32. The van der Waals surface area contributed by atoms with Gasteiger partial charge in [0.2, 0.25) is 0 Å². The van der Waals surface area contributed by atoms with Crippen LogP contribution in [0.1, 0.15) is 19.3 Å². The first kappa shape index (κ1) is 14.1. The van der Waals surface area contributed by atoms with Gasteiger partial charge in [0, 0.05) is 32.7 Å². The van der Waals surface area contributed by atoms with Gasteiger partial charge in [0.15, 0.2) is 0 Å². The number of carbonyl (C=O) groups excluding carboxylic acids is 1. The van der Waals surface area contributed by atoms with E-state index in [0.717, 1.165) is 6.42 Å². The van der Waals surface area contributed by atoms with Crippen LogP contribution in [0.25, 0.3) is 0 Å². The first-order valence-corrected chi connectivity index (χ1v) is 6.60. The molecule has 2 amide bonds. The fraction of sp³-hybridized carbons (Fsp3) is 0.833. The number of aliphatic hydroxyl groups excluding tert-OH is 2. The summed E-state index contributed by atoms with van der Waals surface area (Å²) < 4.78 is 0. The van der Waals surface area contributed by atoms with Crippen LogP contribution in [0.5, 0.6) is 0 Å². The summed E-state index contributed by atoms with van der Waals surface area (Å²) in [6, 6.07) is -1.25. The fourth-order valence-electron chi connectivity index (χ4n) is 2.87. The largest absolute Gasteiger partial charge is 0.480 e. The molecule has 2 fully saturated rings. The second-order valence-corrected chi connectivity index (χ2v) is 5.29. The lowest BCUT2D eigenvalue weighted by molar-refractivity contribution is -0.141. The SMILES string of the molecule is O=C(O)C1CC(O)CN1C(=O)N1CCC(CCO)C1. The second-order valence-electron chi connectivity index (χ2n) is 5.29. The molecule has 2 aliphatic rings. The van der Waals surface area contributed by atoms with Crippen LogP contribution < -0.4 is 0 Å². The van der Waals surface area contributed by atoms with Crippen molar-refractivity contribution in [2.45, 2.75) is 31.4 Å². The first-order chi connectivity index (χ1) is 9.02. The number of aliphatic hydroxyl groups is 2. The number of hydrogen-bond donors (Lipinski definition) is 3. The third-order valence-electron chi connectivity index (χ3n) is 3.90. The van der Waals surface area contributed by atoms with E-state index in [-0.39, 0.29) is 31.5 Å². The number of likely N-dealkylation sites (tertiary alicyclic amines) is 2. The zero-order chi connectivity index (χ0) is 14.0. The van der Waals surface area contributed by atoms with Gasteiger partial charge in [-0.1, -0.05) is 0 Å². The molecule has 0 saturated carbocycles. The third kappa shape index (κ3) is 2.98. The molecular formula is C12H20N2O5. The van der Waals surface area contributed by atoms with Gasteiger partial charge in [0.1, 0.15) is 6.04 Å². The van der Waals surface area contributed by atoms with E-state index in [1.165, 1.54) is 4.90 Å². The molecule has 0 aromatic carbocycles. The normalized spacial score (nSPS) is 30.9. The molecule has 19 heavy (non-hydrogen) atoms. The lowest BCUT2D eigenvalue weighted by atomic mass is 10.1. The van der Waals surface area contributed by atoms with Crippen LogP contribution in [-0.2, 0) is 4.79 Å². The molecule has 3 atom stereocenters. The Labute approximate surface area is 111 Å². The van der Waals surface area contributed by atoms with Crippen LogP contribution in [-0.4, -0.2) is 75.5 Å². The van der Waals surface area contributed by atoms with Gasteiger partial charge < -0.3 is 25.1 Å². The molecule has 2 saturated heterocycles. The van der Waals surface area contributed by atoms with Crippen LogP contribution in [0, 0.1) is 5.92 Å². The number of carboxylic acids is 1. The summed E-state index contributed by atoms with van der Waals surface area (Å²) >= 11 is 0. The maximum Gasteiger partial charge on any atom is 0.326 e. The van der Waals surface area contributed by atoms with Crippen molar-refractivity contribution in [2.75, 3.05) is 26.2 Å². The number of carboxylic acid groups (broad SMARTS) is 1. The molecule has 2 aliphatic heterocycles. The van der Waals surface area contributed by atoms with Gasteiger partial charge in [-0.15, -0.1) is 0 Å².